The van der Waals surface area contributed by atoms with E-state index < -0.39 is 0 Å². The van der Waals surface area contributed by atoms with Gasteiger partial charge < -0.3 is 10.6 Å². The molecule has 0 aliphatic carbocycles. The van der Waals surface area contributed by atoms with Crippen molar-refractivity contribution in [3.05, 3.63) is 0 Å². The second-order valence-corrected chi connectivity index (χ2v) is 5.11. The Morgan fingerprint density at radius 2 is 2.13 bits per heavy atom. The first-order valence-corrected chi connectivity index (χ1v) is 6.91. The van der Waals surface area contributed by atoms with Crippen molar-refractivity contribution < 1.29 is 4.79 Å². The van der Waals surface area contributed by atoms with E-state index in [1.807, 2.05) is 13.3 Å². The maximum absolute atomic E-state index is 11.8. The van der Waals surface area contributed by atoms with E-state index in [1.54, 1.807) is 16.7 Å². The summed E-state index contributed by atoms with van der Waals surface area (Å²) in [6.45, 7) is 5.09. The summed E-state index contributed by atoms with van der Waals surface area (Å²) >= 11 is 1.73. The van der Waals surface area contributed by atoms with E-state index >= 15 is 0 Å². The smallest absolute Gasteiger partial charge is 0.239 e. The van der Waals surface area contributed by atoms with Gasteiger partial charge in [0.15, 0.2) is 0 Å². The minimum Gasteiger partial charge on any atom is -0.344 e. The molecule has 0 aliphatic heterocycles. The predicted molar refractivity (Wildman–Crippen MR) is 68.1 cm³/mol. The first-order valence-electron chi connectivity index (χ1n) is 5.52. The molecule has 0 aromatic rings. The fourth-order valence-electron chi connectivity index (χ4n) is 1.34. The molecule has 0 spiro atoms. The average Bonchev–Trinajstić information content (AvgIpc) is 2.24. The Morgan fingerprint density at radius 3 is 2.60 bits per heavy atom. The van der Waals surface area contributed by atoms with Crippen molar-refractivity contribution in [1.29, 1.82) is 0 Å². The number of nitrogens with zero attached hydrogens (tertiary/aromatic N) is 1. The molecular weight excluding hydrogens is 208 g/mol. The van der Waals surface area contributed by atoms with Gasteiger partial charge in [0.1, 0.15) is 0 Å². The lowest BCUT2D eigenvalue weighted by Crippen LogP contribution is -2.43. The molecule has 0 saturated carbocycles. The van der Waals surface area contributed by atoms with Crippen LogP contribution in [0.4, 0.5) is 0 Å². The quantitative estimate of drug-likeness (QED) is 0.725. The molecule has 0 aromatic carbocycles. The fourth-order valence-corrected chi connectivity index (χ4v) is 1.83. The molecule has 2 N–H and O–H groups in total. The van der Waals surface area contributed by atoms with Crippen molar-refractivity contribution in [2.75, 3.05) is 25.6 Å². The number of nitrogens with two attached hydrogens (primary N) is 1. The van der Waals surface area contributed by atoms with Gasteiger partial charge in [-0.3, -0.25) is 4.79 Å². The first-order chi connectivity index (χ1) is 7.02. The summed E-state index contributed by atoms with van der Waals surface area (Å²) in [4.78, 5) is 13.6. The van der Waals surface area contributed by atoms with Gasteiger partial charge in [-0.2, -0.15) is 11.8 Å². The Hall–Kier alpha value is -0.220. The van der Waals surface area contributed by atoms with Crippen molar-refractivity contribution in [3.8, 4) is 0 Å². The molecule has 0 saturated heterocycles. The van der Waals surface area contributed by atoms with Crippen molar-refractivity contribution in [2.45, 2.75) is 32.7 Å². The van der Waals surface area contributed by atoms with Gasteiger partial charge >= 0.3 is 0 Å². The maximum Gasteiger partial charge on any atom is 0.239 e. The highest BCUT2D eigenvalue weighted by Gasteiger charge is 2.18. The highest BCUT2D eigenvalue weighted by atomic mass is 32.2. The molecule has 4 heteroatoms. The van der Waals surface area contributed by atoms with Gasteiger partial charge in [0.2, 0.25) is 5.91 Å². The molecule has 15 heavy (non-hydrogen) atoms. The first kappa shape index (κ1) is 14.8. The van der Waals surface area contributed by atoms with Gasteiger partial charge in [0.25, 0.3) is 0 Å². The van der Waals surface area contributed by atoms with E-state index in [9.17, 15) is 4.79 Å². The number of carbonyl (C=O) groups is 1. The van der Waals surface area contributed by atoms with Crippen LogP contribution in [0.5, 0.6) is 0 Å². The summed E-state index contributed by atoms with van der Waals surface area (Å²) in [6.07, 6.45) is 3.89. The minimum absolute atomic E-state index is 0.0735. The largest absolute Gasteiger partial charge is 0.344 e. The Labute approximate surface area is 97.8 Å². The lowest BCUT2D eigenvalue weighted by atomic mass is 10.1. The molecule has 0 aliphatic rings. The van der Waals surface area contributed by atoms with Gasteiger partial charge in [-0.25, -0.2) is 0 Å². The second kappa shape index (κ2) is 7.99. The van der Waals surface area contributed by atoms with Gasteiger partial charge in [-0.1, -0.05) is 20.3 Å². The lowest BCUT2D eigenvalue weighted by Gasteiger charge is -2.23. The van der Waals surface area contributed by atoms with Crippen LogP contribution in [0.25, 0.3) is 0 Å². The molecule has 1 unspecified atom stereocenters. The Kier molecular flexibility index (Phi) is 7.88. The Balaban J connectivity index is 3.95. The fraction of sp³-hybridized carbons (Fsp3) is 0.909. The number of hydrogen-bond donors (Lipinski definition) is 1. The van der Waals surface area contributed by atoms with Gasteiger partial charge in [-0.15, -0.1) is 0 Å². The Morgan fingerprint density at radius 1 is 1.53 bits per heavy atom. The molecule has 0 aromatic heterocycles. The molecule has 3 nitrogen and oxygen atoms in total. The summed E-state index contributed by atoms with van der Waals surface area (Å²) in [5.41, 5.74) is 5.82. The Bertz CT molecular complexity index is 187. The summed E-state index contributed by atoms with van der Waals surface area (Å²) in [5.74, 6) is 1.57. The third-order valence-corrected chi connectivity index (χ3v) is 3.25. The molecule has 1 amide bonds. The zero-order valence-corrected chi connectivity index (χ0v) is 11.1. The monoisotopic (exact) mass is 232 g/mol. The highest BCUT2D eigenvalue weighted by Crippen LogP contribution is 2.06. The zero-order chi connectivity index (χ0) is 11.8. The van der Waals surface area contributed by atoms with Gasteiger partial charge in [-0.05, 0) is 24.3 Å². The van der Waals surface area contributed by atoms with Crippen molar-refractivity contribution in [1.82, 2.24) is 4.90 Å². The van der Waals surface area contributed by atoms with Crippen LogP contribution < -0.4 is 5.73 Å². The van der Waals surface area contributed by atoms with Crippen LogP contribution >= 0.6 is 11.8 Å². The lowest BCUT2D eigenvalue weighted by molar-refractivity contribution is -0.131. The summed E-state index contributed by atoms with van der Waals surface area (Å²) in [6, 6.07) is -0.327. The standard InChI is InChI=1S/C11H24N2OS/c1-5-9(2)8-13(3)11(14)10(12)6-7-15-4/h9-10H,5-8,12H2,1-4H3/t9?,10-/m0/s1. The van der Waals surface area contributed by atoms with E-state index in [0.29, 0.717) is 5.92 Å². The molecule has 90 valence electrons. The topological polar surface area (TPSA) is 46.3 Å². The molecule has 0 radical (unpaired) electrons. The average molecular weight is 232 g/mol. The van der Waals surface area contributed by atoms with Crippen molar-refractivity contribution in [2.24, 2.45) is 11.7 Å². The molecule has 0 rings (SSSR count). The van der Waals surface area contributed by atoms with Crippen LogP contribution in [0.2, 0.25) is 0 Å². The van der Waals surface area contributed by atoms with Crippen LogP contribution in [-0.2, 0) is 4.79 Å². The molecule has 2 atom stereocenters. The molecule has 0 fully saturated rings. The van der Waals surface area contributed by atoms with Gasteiger partial charge in [0, 0.05) is 13.6 Å². The van der Waals surface area contributed by atoms with E-state index in [0.717, 1.165) is 25.1 Å². The molecular formula is C11H24N2OS. The maximum atomic E-state index is 11.8. The number of carbonyl (C=O) groups excluding carboxylic acids is 1. The SMILES string of the molecule is CCC(C)CN(C)C(=O)[C@@H](N)CCSC. The normalized spacial score (nSPS) is 14.7. The van der Waals surface area contributed by atoms with Crippen LogP contribution in [0.15, 0.2) is 0 Å². The van der Waals surface area contributed by atoms with Gasteiger partial charge in [0.05, 0.1) is 6.04 Å². The van der Waals surface area contributed by atoms with E-state index in [4.69, 9.17) is 5.73 Å². The van der Waals surface area contributed by atoms with Crippen LogP contribution in [-0.4, -0.2) is 42.4 Å². The third kappa shape index (κ3) is 6.05. The van der Waals surface area contributed by atoms with Crippen LogP contribution in [0.3, 0.4) is 0 Å². The van der Waals surface area contributed by atoms with E-state index in [2.05, 4.69) is 13.8 Å². The summed E-state index contributed by atoms with van der Waals surface area (Å²) < 4.78 is 0. The number of hydrogen-bond acceptors (Lipinski definition) is 3. The van der Waals surface area contributed by atoms with E-state index in [1.165, 1.54) is 0 Å². The summed E-state index contributed by atoms with van der Waals surface area (Å²) in [7, 11) is 1.84. The third-order valence-electron chi connectivity index (χ3n) is 2.61. The second-order valence-electron chi connectivity index (χ2n) is 4.12. The van der Waals surface area contributed by atoms with Crippen molar-refractivity contribution >= 4 is 17.7 Å². The molecule has 0 heterocycles. The summed E-state index contributed by atoms with van der Waals surface area (Å²) in [5, 5.41) is 0. The van der Waals surface area contributed by atoms with Crippen LogP contribution in [0, 0.1) is 5.92 Å². The number of thioether (sulfide) groups is 1. The number of rotatable bonds is 7. The molecule has 0 bridgehead atoms. The highest BCUT2D eigenvalue weighted by molar-refractivity contribution is 7.98. The predicted octanol–water partition coefficient (Wildman–Crippen LogP) is 1.57. The number of amides is 1. The van der Waals surface area contributed by atoms with Crippen molar-refractivity contribution in [3.63, 3.8) is 0 Å². The minimum atomic E-state index is -0.327. The van der Waals surface area contributed by atoms with Crippen LogP contribution in [0.1, 0.15) is 26.7 Å². The number of likely N-dealkylation sites (N-methyl/N-ethyl adjacent to an activating group) is 1. The van der Waals surface area contributed by atoms with E-state index in [-0.39, 0.29) is 11.9 Å². The zero-order valence-electron chi connectivity index (χ0n) is 10.3.